The Labute approximate surface area is 128 Å². The van der Waals surface area contributed by atoms with Crippen LogP contribution in [-0.2, 0) is 4.79 Å². The molecule has 0 radical (unpaired) electrons. The van der Waals surface area contributed by atoms with Crippen LogP contribution in [-0.4, -0.2) is 32.6 Å². The third-order valence-corrected chi connectivity index (χ3v) is 4.27. The standard InChI is InChI=1S/C15H20N4O3/c1-8(13-9(2)17-21-10(13)3)15(20)19-7-5-6-12(19)14-16-11(4)22-18-14/h8,12H,5-7H2,1-4H3/t8-,12+/m1/s1. The van der Waals surface area contributed by atoms with Crippen LogP contribution in [0.5, 0.6) is 0 Å². The molecule has 0 spiro atoms. The molecule has 0 aliphatic carbocycles. The molecule has 2 aromatic heterocycles. The van der Waals surface area contributed by atoms with Gasteiger partial charge in [-0.15, -0.1) is 0 Å². The second-order valence-corrected chi connectivity index (χ2v) is 5.82. The molecule has 0 unspecified atom stereocenters. The maximum absolute atomic E-state index is 12.9. The van der Waals surface area contributed by atoms with Gasteiger partial charge in [0, 0.05) is 19.0 Å². The lowest BCUT2D eigenvalue weighted by Crippen LogP contribution is -2.34. The summed E-state index contributed by atoms with van der Waals surface area (Å²) in [7, 11) is 0. The third kappa shape index (κ3) is 2.40. The first-order valence-electron chi connectivity index (χ1n) is 7.52. The number of rotatable bonds is 3. The summed E-state index contributed by atoms with van der Waals surface area (Å²) in [5.74, 6) is 1.58. The van der Waals surface area contributed by atoms with Crippen LogP contribution in [0.3, 0.4) is 0 Å². The number of carbonyl (C=O) groups is 1. The zero-order valence-corrected chi connectivity index (χ0v) is 13.3. The largest absolute Gasteiger partial charge is 0.361 e. The molecule has 0 saturated carbocycles. The van der Waals surface area contributed by atoms with Crippen LogP contribution in [0.4, 0.5) is 0 Å². The first kappa shape index (κ1) is 14.7. The van der Waals surface area contributed by atoms with E-state index in [0.717, 1.165) is 24.1 Å². The fourth-order valence-corrected chi connectivity index (χ4v) is 3.23. The predicted molar refractivity (Wildman–Crippen MR) is 77.1 cm³/mol. The van der Waals surface area contributed by atoms with Gasteiger partial charge in [-0.25, -0.2) is 0 Å². The van der Waals surface area contributed by atoms with Gasteiger partial charge >= 0.3 is 0 Å². The van der Waals surface area contributed by atoms with E-state index in [1.165, 1.54) is 0 Å². The van der Waals surface area contributed by atoms with Gasteiger partial charge in [0.1, 0.15) is 5.76 Å². The minimum atomic E-state index is -0.292. The molecule has 2 aromatic rings. The van der Waals surface area contributed by atoms with Crippen molar-refractivity contribution in [2.45, 2.75) is 52.5 Å². The summed E-state index contributed by atoms with van der Waals surface area (Å²) in [6, 6.07) is -0.104. The molecule has 118 valence electrons. The van der Waals surface area contributed by atoms with E-state index in [-0.39, 0.29) is 17.9 Å². The van der Waals surface area contributed by atoms with Gasteiger partial charge in [0.15, 0.2) is 5.82 Å². The first-order valence-corrected chi connectivity index (χ1v) is 7.52. The first-order chi connectivity index (χ1) is 10.5. The topological polar surface area (TPSA) is 85.3 Å². The summed E-state index contributed by atoms with van der Waals surface area (Å²) in [4.78, 5) is 19.0. The van der Waals surface area contributed by atoms with Gasteiger partial charge in [0.2, 0.25) is 11.8 Å². The van der Waals surface area contributed by atoms with Gasteiger partial charge in [-0.05, 0) is 33.6 Å². The van der Waals surface area contributed by atoms with Crippen molar-refractivity contribution < 1.29 is 13.8 Å². The Balaban J connectivity index is 1.84. The van der Waals surface area contributed by atoms with Gasteiger partial charge in [-0.3, -0.25) is 4.79 Å². The number of aryl methyl sites for hydroxylation is 3. The van der Waals surface area contributed by atoms with E-state index in [9.17, 15) is 4.79 Å². The van der Waals surface area contributed by atoms with Crippen LogP contribution in [0.25, 0.3) is 0 Å². The fourth-order valence-electron chi connectivity index (χ4n) is 3.23. The molecule has 2 atom stereocenters. The maximum Gasteiger partial charge on any atom is 0.230 e. The highest BCUT2D eigenvalue weighted by molar-refractivity contribution is 5.84. The molecule has 22 heavy (non-hydrogen) atoms. The maximum atomic E-state index is 12.9. The van der Waals surface area contributed by atoms with Crippen LogP contribution in [0.2, 0.25) is 0 Å². The molecular formula is C15H20N4O3. The number of amides is 1. The highest BCUT2D eigenvalue weighted by Gasteiger charge is 2.36. The van der Waals surface area contributed by atoms with Crippen molar-refractivity contribution in [3.05, 3.63) is 28.7 Å². The SMILES string of the molecule is Cc1nc([C@@H]2CCCN2C(=O)[C@H](C)c2c(C)noc2C)no1. The minimum Gasteiger partial charge on any atom is -0.361 e. The van der Waals surface area contributed by atoms with Gasteiger partial charge < -0.3 is 13.9 Å². The molecule has 3 heterocycles. The molecule has 1 aliphatic rings. The van der Waals surface area contributed by atoms with Crippen molar-refractivity contribution in [3.63, 3.8) is 0 Å². The molecule has 0 N–H and O–H groups in total. The van der Waals surface area contributed by atoms with Gasteiger partial charge in [0.25, 0.3) is 0 Å². The van der Waals surface area contributed by atoms with Crippen molar-refractivity contribution in [2.75, 3.05) is 6.54 Å². The minimum absolute atomic E-state index is 0.0550. The summed E-state index contributed by atoms with van der Waals surface area (Å²) >= 11 is 0. The van der Waals surface area contributed by atoms with E-state index in [2.05, 4.69) is 15.3 Å². The van der Waals surface area contributed by atoms with E-state index in [1.807, 2.05) is 25.7 Å². The molecule has 0 aromatic carbocycles. The molecular weight excluding hydrogens is 284 g/mol. The molecule has 1 saturated heterocycles. The second kappa shape index (κ2) is 5.55. The lowest BCUT2D eigenvalue weighted by molar-refractivity contribution is -0.133. The summed E-state index contributed by atoms with van der Waals surface area (Å²) < 4.78 is 10.2. The fraction of sp³-hybridized carbons (Fsp3) is 0.600. The molecule has 0 bridgehead atoms. The quantitative estimate of drug-likeness (QED) is 0.865. The Hall–Kier alpha value is -2.18. The van der Waals surface area contributed by atoms with Crippen molar-refractivity contribution in [3.8, 4) is 0 Å². The zero-order valence-electron chi connectivity index (χ0n) is 13.3. The summed E-state index contributed by atoms with van der Waals surface area (Å²) in [5.41, 5.74) is 1.64. The van der Waals surface area contributed by atoms with Crippen LogP contribution in [0.15, 0.2) is 9.05 Å². The van der Waals surface area contributed by atoms with Gasteiger partial charge in [-0.2, -0.15) is 4.98 Å². The smallest absolute Gasteiger partial charge is 0.230 e. The van der Waals surface area contributed by atoms with Gasteiger partial charge in [-0.1, -0.05) is 10.3 Å². The van der Waals surface area contributed by atoms with E-state index >= 15 is 0 Å². The highest BCUT2D eigenvalue weighted by atomic mass is 16.5. The molecule has 7 heteroatoms. The molecule has 1 amide bonds. The summed E-state index contributed by atoms with van der Waals surface area (Å²) in [5, 5.41) is 7.92. The average Bonchev–Trinajstić information content (AvgIpc) is 3.18. The number of hydrogen-bond acceptors (Lipinski definition) is 6. The van der Waals surface area contributed by atoms with Crippen LogP contribution < -0.4 is 0 Å². The number of nitrogens with zero attached hydrogens (tertiary/aromatic N) is 4. The number of aromatic nitrogens is 3. The molecule has 1 aliphatic heterocycles. The Morgan fingerprint density at radius 3 is 2.64 bits per heavy atom. The lowest BCUT2D eigenvalue weighted by atomic mass is 9.97. The van der Waals surface area contributed by atoms with E-state index < -0.39 is 0 Å². The molecule has 1 fully saturated rings. The highest BCUT2D eigenvalue weighted by Crippen LogP contribution is 2.34. The number of carbonyl (C=O) groups excluding carboxylic acids is 1. The van der Waals surface area contributed by atoms with Crippen molar-refractivity contribution in [1.29, 1.82) is 0 Å². The average molecular weight is 304 g/mol. The van der Waals surface area contributed by atoms with Crippen molar-refractivity contribution >= 4 is 5.91 Å². The van der Waals surface area contributed by atoms with E-state index in [4.69, 9.17) is 9.05 Å². The number of hydrogen-bond donors (Lipinski definition) is 0. The Bertz CT molecular complexity index is 671. The zero-order chi connectivity index (χ0) is 15.9. The summed E-state index contributed by atoms with van der Waals surface area (Å²) in [6.07, 6.45) is 1.80. The van der Waals surface area contributed by atoms with Crippen molar-refractivity contribution in [1.82, 2.24) is 20.2 Å². The Morgan fingerprint density at radius 1 is 1.27 bits per heavy atom. The molecule has 3 rings (SSSR count). The normalized spacial score (nSPS) is 19.6. The van der Waals surface area contributed by atoms with Crippen molar-refractivity contribution in [2.24, 2.45) is 0 Å². The van der Waals surface area contributed by atoms with E-state index in [0.29, 0.717) is 24.0 Å². The lowest BCUT2D eigenvalue weighted by Gasteiger charge is -2.25. The van der Waals surface area contributed by atoms with Gasteiger partial charge in [0.05, 0.1) is 17.7 Å². The summed E-state index contributed by atoms with van der Waals surface area (Å²) in [6.45, 7) is 8.06. The molecule has 7 nitrogen and oxygen atoms in total. The Morgan fingerprint density at radius 2 is 2.05 bits per heavy atom. The van der Waals surface area contributed by atoms with Crippen LogP contribution in [0.1, 0.15) is 60.5 Å². The Kier molecular flexibility index (Phi) is 3.72. The monoisotopic (exact) mass is 304 g/mol. The third-order valence-electron chi connectivity index (χ3n) is 4.27. The van der Waals surface area contributed by atoms with Crippen LogP contribution >= 0.6 is 0 Å². The number of likely N-dealkylation sites (tertiary alicyclic amines) is 1. The second-order valence-electron chi connectivity index (χ2n) is 5.82. The van der Waals surface area contributed by atoms with E-state index in [1.54, 1.807) is 6.92 Å². The van der Waals surface area contributed by atoms with Crippen LogP contribution in [0, 0.1) is 20.8 Å². The predicted octanol–water partition coefficient (Wildman–Crippen LogP) is 2.45.